The molecule has 0 spiro atoms. The fourth-order valence-electron chi connectivity index (χ4n) is 3.32. The van der Waals surface area contributed by atoms with E-state index in [1.54, 1.807) is 12.1 Å². The average molecular weight is 350 g/mol. The van der Waals surface area contributed by atoms with E-state index in [4.69, 9.17) is 0 Å². The zero-order valence-corrected chi connectivity index (χ0v) is 15.7. The Kier molecular flexibility index (Phi) is 5.40. The molecule has 0 saturated heterocycles. The van der Waals surface area contributed by atoms with Gasteiger partial charge in [-0.05, 0) is 42.5 Å². The Morgan fingerprint density at radius 3 is 2.31 bits per heavy atom. The van der Waals surface area contributed by atoms with Gasteiger partial charge in [-0.25, -0.2) is 0 Å². The lowest BCUT2D eigenvalue weighted by molar-refractivity contribution is -0.135. The predicted molar refractivity (Wildman–Crippen MR) is 103 cm³/mol. The summed E-state index contributed by atoms with van der Waals surface area (Å²) >= 11 is 0. The standard InChI is InChI=1S/C22H26N2O2/c1-15(2)20(23-21(25)18-10-8-16(3)9-11-18)22(26)24-13-12-17-6-4-5-7-19(17)14-24/h4-11,15,20H,12-14H2,1-3H3,(H,23,25)/t20-/m0/s1. The highest BCUT2D eigenvalue weighted by molar-refractivity contribution is 5.97. The number of nitrogens with zero attached hydrogens (tertiary/aromatic N) is 1. The molecule has 4 nitrogen and oxygen atoms in total. The van der Waals surface area contributed by atoms with Gasteiger partial charge in [0.25, 0.3) is 5.91 Å². The van der Waals surface area contributed by atoms with Crippen molar-refractivity contribution in [2.45, 2.75) is 39.8 Å². The van der Waals surface area contributed by atoms with Crippen molar-refractivity contribution in [3.8, 4) is 0 Å². The Balaban J connectivity index is 1.72. The van der Waals surface area contributed by atoms with Gasteiger partial charge in [0.1, 0.15) is 6.04 Å². The van der Waals surface area contributed by atoms with Crippen molar-refractivity contribution in [2.75, 3.05) is 6.54 Å². The summed E-state index contributed by atoms with van der Waals surface area (Å²) in [6.07, 6.45) is 0.860. The fraction of sp³-hybridized carbons (Fsp3) is 0.364. The maximum Gasteiger partial charge on any atom is 0.251 e. The highest BCUT2D eigenvalue weighted by Crippen LogP contribution is 2.20. The van der Waals surface area contributed by atoms with Crippen molar-refractivity contribution in [3.05, 3.63) is 70.8 Å². The second kappa shape index (κ2) is 7.73. The maximum absolute atomic E-state index is 13.1. The zero-order chi connectivity index (χ0) is 18.7. The van der Waals surface area contributed by atoms with Crippen molar-refractivity contribution < 1.29 is 9.59 Å². The van der Waals surface area contributed by atoms with Crippen molar-refractivity contribution >= 4 is 11.8 Å². The summed E-state index contributed by atoms with van der Waals surface area (Å²) in [6.45, 7) is 7.22. The molecule has 0 bridgehead atoms. The summed E-state index contributed by atoms with van der Waals surface area (Å²) in [5, 5.41) is 2.94. The van der Waals surface area contributed by atoms with Gasteiger partial charge in [0.15, 0.2) is 0 Å². The molecule has 0 fully saturated rings. The summed E-state index contributed by atoms with van der Waals surface area (Å²) < 4.78 is 0. The smallest absolute Gasteiger partial charge is 0.251 e. The van der Waals surface area contributed by atoms with Gasteiger partial charge < -0.3 is 10.2 Å². The summed E-state index contributed by atoms with van der Waals surface area (Å²) in [5.74, 6) is -0.182. The van der Waals surface area contributed by atoms with Crippen LogP contribution in [0.25, 0.3) is 0 Å². The number of aryl methyl sites for hydroxylation is 1. The third-order valence-electron chi connectivity index (χ3n) is 4.98. The van der Waals surface area contributed by atoms with Gasteiger partial charge in [-0.15, -0.1) is 0 Å². The number of carbonyl (C=O) groups excluding carboxylic acids is 2. The van der Waals surface area contributed by atoms with Gasteiger partial charge in [0.2, 0.25) is 5.91 Å². The van der Waals surface area contributed by atoms with Crippen LogP contribution in [0.5, 0.6) is 0 Å². The lowest BCUT2D eigenvalue weighted by Gasteiger charge is -2.33. The Morgan fingerprint density at radius 2 is 1.65 bits per heavy atom. The van der Waals surface area contributed by atoms with Gasteiger partial charge in [-0.3, -0.25) is 9.59 Å². The van der Waals surface area contributed by atoms with E-state index in [-0.39, 0.29) is 17.7 Å². The van der Waals surface area contributed by atoms with Gasteiger partial charge >= 0.3 is 0 Å². The molecule has 1 atom stereocenters. The van der Waals surface area contributed by atoms with E-state index in [0.29, 0.717) is 18.7 Å². The second-order valence-corrected chi connectivity index (χ2v) is 7.34. The van der Waals surface area contributed by atoms with Crippen LogP contribution in [0, 0.1) is 12.8 Å². The Morgan fingerprint density at radius 1 is 1.00 bits per heavy atom. The molecule has 3 rings (SSSR count). The molecule has 0 aromatic heterocycles. The monoisotopic (exact) mass is 350 g/mol. The number of nitrogens with one attached hydrogen (secondary N) is 1. The third-order valence-corrected chi connectivity index (χ3v) is 4.98. The molecule has 1 N–H and O–H groups in total. The van der Waals surface area contributed by atoms with Crippen LogP contribution in [0.4, 0.5) is 0 Å². The van der Waals surface area contributed by atoms with Crippen molar-refractivity contribution in [1.82, 2.24) is 10.2 Å². The molecule has 2 aromatic carbocycles. The highest BCUT2D eigenvalue weighted by atomic mass is 16.2. The average Bonchev–Trinajstić information content (AvgIpc) is 2.65. The first-order valence-corrected chi connectivity index (χ1v) is 9.19. The van der Waals surface area contributed by atoms with Crippen molar-refractivity contribution in [1.29, 1.82) is 0 Å². The Bertz CT molecular complexity index is 796. The van der Waals surface area contributed by atoms with E-state index in [1.165, 1.54) is 11.1 Å². The quantitative estimate of drug-likeness (QED) is 0.919. The summed E-state index contributed by atoms with van der Waals surface area (Å²) in [7, 11) is 0. The topological polar surface area (TPSA) is 49.4 Å². The number of rotatable bonds is 4. The summed E-state index contributed by atoms with van der Waals surface area (Å²) in [5.41, 5.74) is 4.18. The van der Waals surface area contributed by atoms with Crippen LogP contribution in [0.3, 0.4) is 0 Å². The molecule has 26 heavy (non-hydrogen) atoms. The molecule has 0 saturated carbocycles. The molecule has 136 valence electrons. The van der Waals surface area contributed by atoms with E-state index >= 15 is 0 Å². The van der Waals surface area contributed by atoms with Crippen LogP contribution in [-0.2, 0) is 17.8 Å². The molecule has 1 aliphatic rings. The van der Waals surface area contributed by atoms with Crippen LogP contribution < -0.4 is 5.32 Å². The van der Waals surface area contributed by atoms with Crippen LogP contribution in [-0.4, -0.2) is 29.3 Å². The number of hydrogen-bond donors (Lipinski definition) is 1. The number of hydrogen-bond acceptors (Lipinski definition) is 2. The zero-order valence-electron chi connectivity index (χ0n) is 15.7. The minimum atomic E-state index is -0.519. The largest absolute Gasteiger partial charge is 0.340 e. The lowest BCUT2D eigenvalue weighted by atomic mass is 9.97. The number of carbonyl (C=O) groups is 2. The van der Waals surface area contributed by atoms with E-state index in [0.717, 1.165) is 12.0 Å². The van der Waals surface area contributed by atoms with E-state index in [2.05, 4.69) is 17.4 Å². The van der Waals surface area contributed by atoms with Gasteiger partial charge in [-0.1, -0.05) is 55.8 Å². The van der Waals surface area contributed by atoms with E-state index in [9.17, 15) is 9.59 Å². The van der Waals surface area contributed by atoms with Crippen LogP contribution >= 0.6 is 0 Å². The SMILES string of the molecule is Cc1ccc(C(=O)N[C@H](C(=O)N2CCc3ccccc3C2)C(C)C)cc1. The van der Waals surface area contributed by atoms with Crippen molar-refractivity contribution in [2.24, 2.45) is 5.92 Å². The number of benzene rings is 2. The first-order chi connectivity index (χ1) is 12.5. The molecule has 4 heteroatoms. The maximum atomic E-state index is 13.1. The molecular weight excluding hydrogens is 324 g/mol. The van der Waals surface area contributed by atoms with E-state index in [1.807, 2.05) is 49.9 Å². The Hall–Kier alpha value is -2.62. The Labute approximate surface area is 155 Å². The van der Waals surface area contributed by atoms with Crippen LogP contribution in [0.1, 0.15) is 40.9 Å². The van der Waals surface area contributed by atoms with E-state index < -0.39 is 6.04 Å². The molecule has 0 unspecified atom stereocenters. The minimum absolute atomic E-state index is 0.00466. The molecular formula is C22H26N2O2. The predicted octanol–water partition coefficient (Wildman–Crippen LogP) is 3.33. The van der Waals surface area contributed by atoms with Crippen LogP contribution in [0.2, 0.25) is 0 Å². The van der Waals surface area contributed by atoms with Gasteiger partial charge in [0, 0.05) is 18.7 Å². The molecule has 0 aliphatic carbocycles. The summed E-state index contributed by atoms with van der Waals surface area (Å²) in [4.78, 5) is 27.5. The molecule has 0 radical (unpaired) electrons. The second-order valence-electron chi connectivity index (χ2n) is 7.34. The molecule has 2 aromatic rings. The third kappa shape index (κ3) is 3.96. The number of fused-ring (bicyclic) bond motifs is 1. The first-order valence-electron chi connectivity index (χ1n) is 9.19. The first kappa shape index (κ1) is 18.2. The van der Waals surface area contributed by atoms with Gasteiger partial charge in [-0.2, -0.15) is 0 Å². The number of amides is 2. The lowest BCUT2D eigenvalue weighted by Crippen LogP contribution is -2.52. The minimum Gasteiger partial charge on any atom is -0.340 e. The van der Waals surface area contributed by atoms with Gasteiger partial charge in [0.05, 0.1) is 0 Å². The molecule has 1 aliphatic heterocycles. The molecule has 1 heterocycles. The van der Waals surface area contributed by atoms with Crippen LogP contribution in [0.15, 0.2) is 48.5 Å². The normalized spacial score (nSPS) is 14.7. The van der Waals surface area contributed by atoms with Crippen molar-refractivity contribution in [3.63, 3.8) is 0 Å². The molecule has 2 amide bonds. The summed E-state index contributed by atoms with van der Waals surface area (Å²) in [6, 6.07) is 15.1. The highest BCUT2D eigenvalue weighted by Gasteiger charge is 2.30. The fourth-order valence-corrected chi connectivity index (χ4v) is 3.32.